The summed E-state index contributed by atoms with van der Waals surface area (Å²) in [4.78, 5) is 4.71. The molecule has 1 aliphatic heterocycles. The van der Waals surface area contributed by atoms with Crippen molar-refractivity contribution in [3.8, 4) is 0 Å². The van der Waals surface area contributed by atoms with Crippen LogP contribution in [0.5, 0.6) is 0 Å². The summed E-state index contributed by atoms with van der Waals surface area (Å²) in [6.45, 7) is 11.6. The van der Waals surface area contributed by atoms with E-state index in [0.717, 1.165) is 13.0 Å². The molecule has 3 atom stereocenters. The van der Waals surface area contributed by atoms with E-state index >= 15 is 0 Å². The topological polar surface area (TPSA) is 59.6 Å². The van der Waals surface area contributed by atoms with Gasteiger partial charge in [0, 0.05) is 23.5 Å². The summed E-state index contributed by atoms with van der Waals surface area (Å²) >= 11 is 0. The highest BCUT2D eigenvalue weighted by Crippen LogP contribution is 2.52. The smallest absolute Gasteiger partial charge is 0.189 e. The molecule has 2 aliphatic rings. The molecule has 0 bridgehead atoms. The zero-order chi connectivity index (χ0) is 13.6. The average Bonchev–Trinajstić information content (AvgIpc) is 2.24. The van der Waals surface area contributed by atoms with Crippen molar-refractivity contribution in [2.45, 2.75) is 65.1 Å². The third-order valence-corrected chi connectivity index (χ3v) is 4.05. The first-order valence-corrected chi connectivity index (χ1v) is 6.95. The molecular formula is C14H27N3O. The van der Waals surface area contributed by atoms with E-state index in [1.165, 1.54) is 6.42 Å². The maximum Gasteiger partial charge on any atom is 0.189 e. The van der Waals surface area contributed by atoms with Crippen molar-refractivity contribution in [2.75, 3.05) is 6.61 Å². The van der Waals surface area contributed by atoms with Gasteiger partial charge in [0.2, 0.25) is 0 Å². The summed E-state index contributed by atoms with van der Waals surface area (Å²) in [6.07, 6.45) is 2.73. The Morgan fingerprint density at radius 3 is 2.67 bits per heavy atom. The predicted molar refractivity (Wildman–Crippen MR) is 74.5 cm³/mol. The Hall–Kier alpha value is -0.770. The van der Waals surface area contributed by atoms with E-state index in [1.807, 2.05) is 0 Å². The zero-order valence-corrected chi connectivity index (χ0v) is 12.3. The van der Waals surface area contributed by atoms with Crippen LogP contribution >= 0.6 is 0 Å². The number of nitrogens with one attached hydrogen (secondary N) is 1. The summed E-state index contributed by atoms with van der Waals surface area (Å²) in [6, 6.07) is 0.289. The van der Waals surface area contributed by atoms with Gasteiger partial charge in [0.15, 0.2) is 5.96 Å². The maximum atomic E-state index is 6.01. The predicted octanol–water partition coefficient (Wildman–Crippen LogP) is 1.89. The molecule has 1 saturated heterocycles. The molecule has 0 aromatic heterocycles. The lowest BCUT2D eigenvalue weighted by atomic mass is 9.55. The molecule has 4 heteroatoms. The van der Waals surface area contributed by atoms with E-state index in [4.69, 9.17) is 15.5 Å². The van der Waals surface area contributed by atoms with E-state index in [-0.39, 0.29) is 17.0 Å². The van der Waals surface area contributed by atoms with Gasteiger partial charge in [0.1, 0.15) is 0 Å². The van der Waals surface area contributed by atoms with Gasteiger partial charge in [-0.3, -0.25) is 0 Å². The highest BCUT2D eigenvalue weighted by molar-refractivity contribution is 5.78. The Kier molecular flexibility index (Phi) is 3.34. The molecule has 0 spiro atoms. The number of rotatable bonds is 1. The molecule has 0 aromatic carbocycles. The SMILES string of the molecule is CC(C)(C)NC(N)=NC1C2CCCOC2C1(C)C. The minimum absolute atomic E-state index is 0.0378. The van der Waals surface area contributed by atoms with Gasteiger partial charge in [-0.1, -0.05) is 13.8 Å². The molecule has 104 valence electrons. The number of aliphatic imine (C=N–C) groups is 1. The summed E-state index contributed by atoms with van der Waals surface area (Å²) in [7, 11) is 0. The zero-order valence-electron chi connectivity index (χ0n) is 12.3. The molecule has 1 aliphatic carbocycles. The van der Waals surface area contributed by atoms with Crippen molar-refractivity contribution < 1.29 is 4.74 Å². The Balaban J connectivity index is 2.06. The van der Waals surface area contributed by atoms with Crippen LogP contribution in [0.1, 0.15) is 47.5 Å². The minimum Gasteiger partial charge on any atom is -0.377 e. The van der Waals surface area contributed by atoms with Crippen LogP contribution in [0.4, 0.5) is 0 Å². The number of hydrogen-bond donors (Lipinski definition) is 2. The second kappa shape index (κ2) is 4.41. The fourth-order valence-corrected chi connectivity index (χ4v) is 3.32. The van der Waals surface area contributed by atoms with Crippen LogP contribution in [0.25, 0.3) is 0 Å². The molecule has 1 saturated carbocycles. The van der Waals surface area contributed by atoms with E-state index in [9.17, 15) is 0 Å². The Bertz CT molecular complexity index is 343. The number of nitrogens with zero attached hydrogens (tertiary/aromatic N) is 1. The summed E-state index contributed by atoms with van der Waals surface area (Å²) < 4.78 is 5.87. The molecule has 1 heterocycles. The average molecular weight is 253 g/mol. The lowest BCUT2D eigenvalue weighted by Crippen LogP contribution is -2.64. The number of hydrogen-bond acceptors (Lipinski definition) is 2. The number of nitrogens with two attached hydrogens (primary N) is 1. The monoisotopic (exact) mass is 253 g/mol. The van der Waals surface area contributed by atoms with Crippen LogP contribution < -0.4 is 11.1 Å². The third kappa shape index (κ3) is 2.48. The highest BCUT2D eigenvalue weighted by atomic mass is 16.5. The standard InChI is InChI=1S/C14H27N3O/c1-13(2,3)17-12(15)16-10-9-7-6-8-18-11(9)14(10,4)5/h9-11H,6-8H2,1-5H3,(H3,15,16,17). The first-order chi connectivity index (χ1) is 8.22. The van der Waals surface area contributed by atoms with Gasteiger partial charge < -0.3 is 15.8 Å². The minimum atomic E-state index is -0.0378. The van der Waals surface area contributed by atoms with Crippen molar-refractivity contribution >= 4 is 5.96 Å². The summed E-state index contributed by atoms with van der Waals surface area (Å²) in [5.41, 5.74) is 6.08. The van der Waals surface area contributed by atoms with Gasteiger partial charge >= 0.3 is 0 Å². The lowest BCUT2D eigenvalue weighted by molar-refractivity contribution is -0.182. The second-order valence-electron chi connectivity index (χ2n) is 7.25. The quantitative estimate of drug-likeness (QED) is 0.554. The van der Waals surface area contributed by atoms with E-state index < -0.39 is 0 Å². The third-order valence-electron chi connectivity index (χ3n) is 4.05. The van der Waals surface area contributed by atoms with Crippen LogP contribution in [0.3, 0.4) is 0 Å². The van der Waals surface area contributed by atoms with Gasteiger partial charge in [-0.05, 0) is 33.6 Å². The highest BCUT2D eigenvalue weighted by Gasteiger charge is 2.58. The molecule has 3 N–H and O–H groups in total. The molecule has 0 radical (unpaired) electrons. The van der Waals surface area contributed by atoms with Crippen molar-refractivity contribution in [1.29, 1.82) is 0 Å². The van der Waals surface area contributed by atoms with E-state index in [1.54, 1.807) is 0 Å². The summed E-state index contributed by atoms with van der Waals surface area (Å²) in [5, 5.41) is 3.24. The van der Waals surface area contributed by atoms with Gasteiger partial charge in [-0.25, -0.2) is 4.99 Å². The first-order valence-electron chi connectivity index (χ1n) is 6.95. The fraction of sp³-hybridized carbons (Fsp3) is 0.929. The summed E-state index contributed by atoms with van der Waals surface area (Å²) in [5.74, 6) is 1.11. The Morgan fingerprint density at radius 1 is 1.39 bits per heavy atom. The molecule has 2 fully saturated rings. The molecule has 0 aromatic rings. The molecule has 3 unspecified atom stereocenters. The normalized spacial score (nSPS) is 35.6. The molecule has 4 nitrogen and oxygen atoms in total. The van der Waals surface area contributed by atoms with Crippen LogP contribution in [-0.4, -0.2) is 30.3 Å². The molecule has 18 heavy (non-hydrogen) atoms. The Labute approximate surface area is 110 Å². The van der Waals surface area contributed by atoms with Crippen LogP contribution in [0.15, 0.2) is 4.99 Å². The number of fused-ring (bicyclic) bond motifs is 1. The molecule has 2 rings (SSSR count). The van der Waals surface area contributed by atoms with Crippen molar-refractivity contribution in [3.63, 3.8) is 0 Å². The maximum absolute atomic E-state index is 6.01. The number of ether oxygens (including phenoxy) is 1. The van der Waals surface area contributed by atoms with Gasteiger partial charge in [0.25, 0.3) is 0 Å². The second-order valence-corrected chi connectivity index (χ2v) is 7.25. The van der Waals surface area contributed by atoms with E-state index in [0.29, 0.717) is 18.0 Å². The fourth-order valence-electron chi connectivity index (χ4n) is 3.32. The van der Waals surface area contributed by atoms with Crippen molar-refractivity contribution in [2.24, 2.45) is 22.1 Å². The van der Waals surface area contributed by atoms with Crippen LogP contribution in [0.2, 0.25) is 0 Å². The van der Waals surface area contributed by atoms with Crippen molar-refractivity contribution in [3.05, 3.63) is 0 Å². The largest absolute Gasteiger partial charge is 0.377 e. The van der Waals surface area contributed by atoms with Crippen molar-refractivity contribution in [1.82, 2.24) is 5.32 Å². The lowest BCUT2D eigenvalue weighted by Gasteiger charge is -2.58. The van der Waals surface area contributed by atoms with Gasteiger partial charge in [0.05, 0.1) is 12.1 Å². The van der Waals surface area contributed by atoms with E-state index in [2.05, 4.69) is 39.9 Å². The Morgan fingerprint density at radius 2 is 2.06 bits per heavy atom. The number of guanidine groups is 1. The first kappa shape index (κ1) is 13.7. The van der Waals surface area contributed by atoms with Crippen LogP contribution in [0, 0.1) is 11.3 Å². The molecule has 0 amide bonds. The van der Waals surface area contributed by atoms with Crippen LogP contribution in [-0.2, 0) is 4.74 Å². The van der Waals surface area contributed by atoms with Gasteiger partial charge in [-0.15, -0.1) is 0 Å². The molecular weight excluding hydrogens is 226 g/mol. The van der Waals surface area contributed by atoms with Gasteiger partial charge in [-0.2, -0.15) is 0 Å².